The number of nitrogens with one attached hydrogen (secondary N) is 2. The molecule has 2 aromatic heterocycles. The predicted molar refractivity (Wildman–Crippen MR) is 96.7 cm³/mol. The van der Waals surface area contributed by atoms with Crippen LogP contribution in [0.25, 0.3) is 11.1 Å². The number of thioether (sulfide) groups is 1. The Morgan fingerprint density at radius 1 is 1.04 bits per heavy atom. The monoisotopic (exact) mass is 336 g/mol. The lowest BCUT2D eigenvalue weighted by Gasteiger charge is -2.13. The second kappa shape index (κ2) is 6.51. The number of hydrogen-bond acceptors (Lipinski definition) is 6. The SMILES string of the molecule is OCc1ccnc(NC2Nc3ccc(-c4ccncc4)cc3S2)c1. The van der Waals surface area contributed by atoms with Gasteiger partial charge in [-0.15, -0.1) is 0 Å². The first-order valence-electron chi connectivity index (χ1n) is 7.62. The summed E-state index contributed by atoms with van der Waals surface area (Å²) < 4.78 is 0. The lowest BCUT2D eigenvalue weighted by Crippen LogP contribution is -2.21. The van der Waals surface area contributed by atoms with Crippen molar-refractivity contribution in [1.29, 1.82) is 0 Å². The van der Waals surface area contributed by atoms with Crippen LogP contribution in [0.2, 0.25) is 0 Å². The molecule has 1 aliphatic heterocycles. The van der Waals surface area contributed by atoms with Gasteiger partial charge in [0, 0.05) is 23.5 Å². The Hall–Kier alpha value is -2.57. The summed E-state index contributed by atoms with van der Waals surface area (Å²) in [6, 6.07) is 14.1. The quantitative estimate of drug-likeness (QED) is 0.677. The number of nitrogens with zero attached hydrogens (tertiary/aromatic N) is 2. The summed E-state index contributed by atoms with van der Waals surface area (Å²) >= 11 is 1.71. The maximum absolute atomic E-state index is 9.22. The minimum Gasteiger partial charge on any atom is -0.392 e. The molecule has 3 heterocycles. The van der Waals surface area contributed by atoms with Gasteiger partial charge in [0.25, 0.3) is 0 Å². The van der Waals surface area contributed by atoms with E-state index in [9.17, 15) is 5.11 Å². The molecule has 0 fully saturated rings. The van der Waals surface area contributed by atoms with Crippen LogP contribution < -0.4 is 10.6 Å². The smallest absolute Gasteiger partial charge is 0.151 e. The van der Waals surface area contributed by atoms with Gasteiger partial charge in [-0.2, -0.15) is 0 Å². The summed E-state index contributed by atoms with van der Waals surface area (Å²) in [5.74, 6) is 0.744. The Bertz CT molecular complexity index is 857. The van der Waals surface area contributed by atoms with Crippen molar-refractivity contribution >= 4 is 23.3 Å². The topological polar surface area (TPSA) is 70.1 Å². The second-order valence-electron chi connectivity index (χ2n) is 5.44. The minimum atomic E-state index is 0.00846. The van der Waals surface area contributed by atoms with Crippen molar-refractivity contribution in [3.05, 3.63) is 66.6 Å². The Balaban J connectivity index is 1.51. The molecule has 0 amide bonds. The van der Waals surface area contributed by atoms with Gasteiger partial charge in [-0.3, -0.25) is 4.98 Å². The molecule has 6 heteroatoms. The maximum Gasteiger partial charge on any atom is 0.151 e. The van der Waals surface area contributed by atoms with E-state index in [1.165, 1.54) is 10.5 Å². The summed E-state index contributed by atoms with van der Waals surface area (Å²) in [6.07, 6.45) is 5.30. The van der Waals surface area contributed by atoms with E-state index in [-0.39, 0.29) is 12.1 Å². The molecule has 0 saturated heterocycles. The van der Waals surface area contributed by atoms with Crippen LogP contribution in [-0.4, -0.2) is 20.6 Å². The predicted octanol–water partition coefficient (Wildman–Crippen LogP) is 3.55. The largest absolute Gasteiger partial charge is 0.392 e. The highest BCUT2D eigenvalue weighted by molar-refractivity contribution is 8.00. The highest BCUT2D eigenvalue weighted by Crippen LogP contribution is 2.40. The van der Waals surface area contributed by atoms with Gasteiger partial charge in [-0.1, -0.05) is 17.8 Å². The summed E-state index contributed by atoms with van der Waals surface area (Å²) in [5, 5.41) is 16.0. The normalized spacial score (nSPS) is 15.6. The van der Waals surface area contributed by atoms with Crippen molar-refractivity contribution in [2.45, 2.75) is 17.0 Å². The van der Waals surface area contributed by atoms with Crippen LogP contribution in [0.5, 0.6) is 0 Å². The van der Waals surface area contributed by atoms with Crippen LogP contribution in [0.3, 0.4) is 0 Å². The third kappa shape index (κ3) is 3.06. The number of anilines is 2. The fourth-order valence-electron chi connectivity index (χ4n) is 2.61. The van der Waals surface area contributed by atoms with Gasteiger partial charge in [0.1, 0.15) is 5.82 Å². The minimum absolute atomic E-state index is 0.00846. The molecule has 0 aliphatic carbocycles. The molecule has 24 heavy (non-hydrogen) atoms. The lowest BCUT2D eigenvalue weighted by atomic mass is 10.1. The number of aliphatic hydroxyl groups is 1. The molecule has 1 unspecified atom stereocenters. The Labute approximate surface area is 144 Å². The third-order valence-corrected chi connectivity index (χ3v) is 4.88. The molecule has 1 atom stereocenters. The highest BCUT2D eigenvalue weighted by atomic mass is 32.2. The van der Waals surface area contributed by atoms with E-state index in [1.54, 1.807) is 36.4 Å². The number of rotatable bonds is 4. The van der Waals surface area contributed by atoms with E-state index in [0.29, 0.717) is 0 Å². The molecule has 0 radical (unpaired) electrons. The first kappa shape index (κ1) is 15.0. The van der Waals surface area contributed by atoms with Crippen molar-refractivity contribution < 1.29 is 5.11 Å². The maximum atomic E-state index is 9.22. The zero-order chi connectivity index (χ0) is 16.4. The molecule has 1 aromatic carbocycles. The van der Waals surface area contributed by atoms with E-state index < -0.39 is 0 Å². The summed E-state index contributed by atoms with van der Waals surface area (Å²) in [4.78, 5) is 9.55. The molecule has 5 nitrogen and oxygen atoms in total. The van der Waals surface area contributed by atoms with Gasteiger partial charge in [-0.05, 0) is 53.1 Å². The van der Waals surface area contributed by atoms with Gasteiger partial charge in [-0.25, -0.2) is 4.98 Å². The molecule has 0 spiro atoms. The van der Waals surface area contributed by atoms with Gasteiger partial charge < -0.3 is 15.7 Å². The van der Waals surface area contributed by atoms with E-state index in [2.05, 4.69) is 38.8 Å². The second-order valence-corrected chi connectivity index (χ2v) is 6.59. The van der Waals surface area contributed by atoms with Crippen molar-refractivity contribution in [3.63, 3.8) is 0 Å². The van der Waals surface area contributed by atoms with E-state index in [0.717, 1.165) is 22.6 Å². The number of hydrogen-bond donors (Lipinski definition) is 3. The fourth-order valence-corrected chi connectivity index (χ4v) is 3.68. The Morgan fingerprint density at radius 3 is 2.75 bits per heavy atom. The van der Waals surface area contributed by atoms with Crippen LogP contribution in [0.4, 0.5) is 11.5 Å². The molecular weight excluding hydrogens is 320 g/mol. The number of fused-ring (bicyclic) bond motifs is 1. The van der Waals surface area contributed by atoms with Crippen LogP contribution in [0, 0.1) is 0 Å². The van der Waals surface area contributed by atoms with Crippen LogP contribution >= 0.6 is 11.8 Å². The summed E-state index contributed by atoms with van der Waals surface area (Å²) in [7, 11) is 0. The average Bonchev–Trinajstić information content (AvgIpc) is 3.04. The zero-order valence-electron chi connectivity index (χ0n) is 12.8. The first-order valence-corrected chi connectivity index (χ1v) is 8.50. The van der Waals surface area contributed by atoms with Gasteiger partial charge in [0.05, 0.1) is 12.3 Å². The number of pyridine rings is 2. The Morgan fingerprint density at radius 2 is 1.92 bits per heavy atom. The summed E-state index contributed by atoms with van der Waals surface area (Å²) in [5.41, 5.74) is 4.28. The van der Waals surface area contributed by atoms with Crippen molar-refractivity contribution in [3.8, 4) is 11.1 Å². The van der Waals surface area contributed by atoms with Crippen LogP contribution in [0.15, 0.2) is 66.0 Å². The Kier molecular flexibility index (Phi) is 4.06. The van der Waals surface area contributed by atoms with Gasteiger partial charge in [0.2, 0.25) is 0 Å². The first-order chi connectivity index (χ1) is 11.8. The van der Waals surface area contributed by atoms with Crippen LogP contribution in [-0.2, 0) is 6.61 Å². The molecule has 0 saturated carbocycles. The molecule has 0 bridgehead atoms. The van der Waals surface area contributed by atoms with Crippen molar-refractivity contribution in [2.24, 2.45) is 0 Å². The third-order valence-electron chi connectivity index (χ3n) is 3.81. The van der Waals surface area contributed by atoms with Gasteiger partial charge >= 0.3 is 0 Å². The fraction of sp³-hybridized carbons (Fsp3) is 0.111. The van der Waals surface area contributed by atoms with Crippen LogP contribution in [0.1, 0.15) is 5.56 Å². The van der Waals surface area contributed by atoms with E-state index in [1.807, 2.05) is 18.2 Å². The van der Waals surface area contributed by atoms with Crippen molar-refractivity contribution in [1.82, 2.24) is 9.97 Å². The molecule has 3 aromatic rings. The number of aliphatic hydroxyl groups excluding tert-OH is 1. The number of aromatic nitrogens is 2. The zero-order valence-corrected chi connectivity index (χ0v) is 13.6. The van der Waals surface area contributed by atoms with Crippen molar-refractivity contribution in [2.75, 3.05) is 10.6 Å². The molecule has 1 aliphatic rings. The lowest BCUT2D eigenvalue weighted by molar-refractivity contribution is 0.282. The standard InChI is InChI=1S/C18H16N4OS/c23-11-12-3-8-20-17(9-12)22-18-21-15-2-1-14(10-16(15)24-18)13-4-6-19-7-5-13/h1-10,18,21,23H,11H2,(H,20,22). The summed E-state index contributed by atoms with van der Waals surface area (Å²) in [6.45, 7) is 0.0119. The van der Waals surface area contributed by atoms with E-state index in [4.69, 9.17) is 0 Å². The highest BCUT2D eigenvalue weighted by Gasteiger charge is 2.22. The van der Waals surface area contributed by atoms with Gasteiger partial charge in [0.15, 0.2) is 5.50 Å². The average molecular weight is 336 g/mol. The molecule has 3 N–H and O–H groups in total. The van der Waals surface area contributed by atoms with E-state index >= 15 is 0 Å². The molecular formula is C18H16N4OS. The molecule has 4 rings (SSSR count). The number of benzene rings is 1. The molecule has 120 valence electrons.